The van der Waals surface area contributed by atoms with Crippen LogP contribution in [-0.2, 0) is 16.4 Å². The van der Waals surface area contributed by atoms with Crippen LogP contribution in [0.5, 0.6) is 0 Å². The molecule has 3 aromatic rings. The van der Waals surface area contributed by atoms with Gasteiger partial charge in [0.2, 0.25) is 0 Å². The summed E-state index contributed by atoms with van der Waals surface area (Å²) in [5.41, 5.74) is 1.36. The van der Waals surface area contributed by atoms with Crippen LogP contribution in [0, 0.1) is 11.6 Å². The van der Waals surface area contributed by atoms with Crippen molar-refractivity contribution in [3.63, 3.8) is 0 Å². The highest BCUT2D eigenvalue weighted by Gasteiger charge is 2.32. The van der Waals surface area contributed by atoms with E-state index in [2.05, 4.69) is 5.32 Å². The Morgan fingerprint density at radius 3 is 2.43 bits per heavy atom. The highest BCUT2D eigenvalue weighted by atomic mass is 35.5. The molecule has 1 heterocycles. The molecule has 30 heavy (non-hydrogen) atoms. The van der Waals surface area contributed by atoms with Crippen molar-refractivity contribution in [2.24, 2.45) is 0 Å². The van der Waals surface area contributed by atoms with Crippen molar-refractivity contribution in [2.75, 3.05) is 16.2 Å². The molecule has 9 heteroatoms. The van der Waals surface area contributed by atoms with Crippen LogP contribution >= 0.6 is 11.6 Å². The number of nitrogens with one attached hydrogen (secondary N) is 1. The first-order chi connectivity index (χ1) is 14.3. The first kappa shape index (κ1) is 20.3. The Hall–Kier alpha value is -2.97. The fourth-order valence-corrected chi connectivity index (χ4v) is 5.35. The van der Waals surface area contributed by atoms with E-state index in [9.17, 15) is 22.0 Å². The second-order valence-electron chi connectivity index (χ2n) is 6.71. The normalized spacial score (nSPS) is 13.2. The summed E-state index contributed by atoms with van der Waals surface area (Å²) < 4.78 is 54.5. The van der Waals surface area contributed by atoms with E-state index in [1.54, 1.807) is 12.1 Å². The molecule has 5 nitrogen and oxygen atoms in total. The van der Waals surface area contributed by atoms with Crippen molar-refractivity contribution in [1.29, 1.82) is 0 Å². The molecule has 0 spiro atoms. The van der Waals surface area contributed by atoms with Gasteiger partial charge >= 0.3 is 0 Å². The second-order valence-corrected chi connectivity index (χ2v) is 8.95. The monoisotopic (exact) mass is 448 g/mol. The summed E-state index contributed by atoms with van der Waals surface area (Å²) in [7, 11) is -4.02. The number of fused-ring (bicyclic) bond motifs is 1. The molecular formula is C21H15ClF2N2O3S. The minimum atomic E-state index is -4.02. The highest BCUT2D eigenvalue weighted by Crippen LogP contribution is 2.35. The third-order valence-corrected chi connectivity index (χ3v) is 7.02. The van der Waals surface area contributed by atoms with E-state index in [0.29, 0.717) is 18.2 Å². The number of para-hydroxylation sites is 1. The van der Waals surface area contributed by atoms with E-state index in [0.717, 1.165) is 23.8 Å². The molecule has 0 radical (unpaired) electrons. The number of benzene rings is 3. The van der Waals surface area contributed by atoms with E-state index in [1.165, 1.54) is 16.4 Å². The Morgan fingerprint density at radius 2 is 1.70 bits per heavy atom. The summed E-state index contributed by atoms with van der Waals surface area (Å²) in [4.78, 5) is 12.3. The number of hydrogen-bond acceptors (Lipinski definition) is 3. The van der Waals surface area contributed by atoms with Crippen LogP contribution in [0.15, 0.2) is 65.6 Å². The van der Waals surface area contributed by atoms with Gasteiger partial charge in [-0.2, -0.15) is 0 Å². The Labute approximate surface area is 177 Å². The van der Waals surface area contributed by atoms with E-state index in [-0.39, 0.29) is 27.7 Å². The largest absolute Gasteiger partial charge is 0.322 e. The summed E-state index contributed by atoms with van der Waals surface area (Å²) in [5, 5.41) is 2.32. The molecule has 0 bridgehead atoms. The van der Waals surface area contributed by atoms with Crippen molar-refractivity contribution < 1.29 is 22.0 Å². The SMILES string of the molecule is O=C(Nc1cc(F)cc(F)c1)c1ccc(Cl)c(S(=O)(=O)N2CCc3ccccc32)c1. The molecule has 0 saturated carbocycles. The van der Waals surface area contributed by atoms with Gasteiger partial charge in [0, 0.05) is 23.9 Å². The first-order valence-corrected chi connectivity index (χ1v) is 10.7. The van der Waals surface area contributed by atoms with Crippen LogP contribution in [0.3, 0.4) is 0 Å². The average molecular weight is 449 g/mol. The maximum absolute atomic E-state index is 13.4. The van der Waals surface area contributed by atoms with Crippen LogP contribution in [0.1, 0.15) is 15.9 Å². The Morgan fingerprint density at radius 1 is 1.00 bits per heavy atom. The minimum absolute atomic E-state index is 0.0184. The molecule has 0 fully saturated rings. The number of anilines is 2. The van der Waals surface area contributed by atoms with Gasteiger partial charge < -0.3 is 5.32 Å². The van der Waals surface area contributed by atoms with Gasteiger partial charge in [0.15, 0.2) is 0 Å². The zero-order valence-corrected chi connectivity index (χ0v) is 17.0. The number of sulfonamides is 1. The number of carbonyl (C=O) groups is 1. The van der Waals surface area contributed by atoms with Gasteiger partial charge in [-0.3, -0.25) is 9.10 Å². The zero-order valence-electron chi connectivity index (χ0n) is 15.4. The predicted octanol–water partition coefficient (Wildman–Crippen LogP) is 4.62. The lowest BCUT2D eigenvalue weighted by Gasteiger charge is -2.20. The van der Waals surface area contributed by atoms with Gasteiger partial charge in [0.05, 0.1) is 10.7 Å². The minimum Gasteiger partial charge on any atom is -0.322 e. The molecular weight excluding hydrogens is 434 g/mol. The molecule has 1 amide bonds. The molecule has 0 unspecified atom stereocenters. The molecule has 0 atom stereocenters. The van der Waals surface area contributed by atoms with Crippen molar-refractivity contribution in [2.45, 2.75) is 11.3 Å². The van der Waals surface area contributed by atoms with Crippen molar-refractivity contribution in [3.8, 4) is 0 Å². The Kier molecular flexibility index (Phi) is 5.21. The number of amides is 1. The fourth-order valence-electron chi connectivity index (χ4n) is 3.35. The molecule has 1 aliphatic heterocycles. The van der Waals surface area contributed by atoms with E-state index in [1.807, 2.05) is 12.1 Å². The molecule has 154 valence electrons. The van der Waals surface area contributed by atoms with Gasteiger partial charge in [-0.05, 0) is 48.4 Å². The summed E-state index contributed by atoms with van der Waals surface area (Å²) in [6.45, 7) is 0.261. The number of nitrogens with zero attached hydrogens (tertiary/aromatic N) is 1. The molecule has 1 N–H and O–H groups in total. The molecule has 1 aliphatic rings. The lowest BCUT2D eigenvalue weighted by molar-refractivity contribution is 0.102. The summed E-state index contributed by atoms with van der Waals surface area (Å²) in [5.74, 6) is -2.43. The van der Waals surface area contributed by atoms with Crippen LogP contribution in [-0.4, -0.2) is 20.9 Å². The highest BCUT2D eigenvalue weighted by molar-refractivity contribution is 7.93. The molecule has 0 saturated heterocycles. The van der Waals surface area contributed by atoms with E-state index in [4.69, 9.17) is 11.6 Å². The topological polar surface area (TPSA) is 66.5 Å². The van der Waals surface area contributed by atoms with E-state index < -0.39 is 27.6 Å². The van der Waals surface area contributed by atoms with E-state index >= 15 is 0 Å². The van der Waals surface area contributed by atoms with Crippen molar-refractivity contribution in [1.82, 2.24) is 0 Å². The molecule has 0 aromatic heterocycles. The lowest BCUT2D eigenvalue weighted by atomic mass is 10.2. The van der Waals surface area contributed by atoms with Gasteiger partial charge in [0.1, 0.15) is 16.5 Å². The summed E-state index contributed by atoms with van der Waals surface area (Å²) in [6, 6.07) is 13.5. The van der Waals surface area contributed by atoms with Crippen molar-refractivity contribution >= 4 is 38.9 Å². The quantitative estimate of drug-likeness (QED) is 0.633. The maximum Gasteiger partial charge on any atom is 0.265 e. The standard InChI is InChI=1S/C21H15ClF2N2O3S/c22-18-6-5-14(21(27)25-17-11-15(23)10-16(24)12-17)9-20(18)30(28,29)26-8-7-13-3-1-2-4-19(13)26/h1-6,9-12H,7-8H2,(H,25,27). The zero-order chi connectivity index (χ0) is 21.5. The van der Waals surface area contributed by atoms with Gasteiger partial charge in [-0.25, -0.2) is 17.2 Å². The fraction of sp³-hybridized carbons (Fsp3) is 0.0952. The van der Waals surface area contributed by atoms with Crippen LogP contribution in [0.2, 0.25) is 5.02 Å². The Balaban J connectivity index is 1.67. The van der Waals surface area contributed by atoms with Gasteiger partial charge in [0.25, 0.3) is 15.9 Å². The maximum atomic E-state index is 13.4. The number of halogens is 3. The van der Waals surface area contributed by atoms with Crippen LogP contribution in [0.25, 0.3) is 0 Å². The van der Waals surface area contributed by atoms with Gasteiger partial charge in [-0.1, -0.05) is 29.8 Å². The van der Waals surface area contributed by atoms with Gasteiger partial charge in [-0.15, -0.1) is 0 Å². The second kappa shape index (κ2) is 7.70. The smallest absolute Gasteiger partial charge is 0.265 e. The third-order valence-electron chi connectivity index (χ3n) is 4.73. The number of hydrogen-bond donors (Lipinski definition) is 1. The summed E-state index contributed by atoms with van der Waals surface area (Å²) in [6.07, 6.45) is 0.568. The Bertz CT molecular complexity index is 1240. The predicted molar refractivity (Wildman–Crippen MR) is 110 cm³/mol. The lowest BCUT2D eigenvalue weighted by Crippen LogP contribution is -2.29. The van der Waals surface area contributed by atoms with Crippen LogP contribution in [0.4, 0.5) is 20.2 Å². The molecule has 3 aromatic carbocycles. The number of carbonyl (C=O) groups excluding carboxylic acids is 1. The van der Waals surface area contributed by atoms with Crippen LogP contribution < -0.4 is 9.62 Å². The third kappa shape index (κ3) is 3.76. The summed E-state index contributed by atoms with van der Waals surface area (Å²) >= 11 is 6.16. The molecule has 0 aliphatic carbocycles. The number of rotatable bonds is 4. The van der Waals surface area contributed by atoms with Crippen molar-refractivity contribution in [3.05, 3.63) is 88.4 Å². The molecule has 4 rings (SSSR count). The first-order valence-electron chi connectivity index (χ1n) is 8.93. The average Bonchev–Trinajstić information content (AvgIpc) is 3.12.